The number of epoxide rings is 1. The fourth-order valence-corrected chi connectivity index (χ4v) is 4.09. The third-order valence-electron chi connectivity index (χ3n) is 6.42. The molecule has 35 heavy (non-hydrogen) atoms. The Kier molecular flexibility index (Phi) is 19.7. The summed E-state index contributed by atoms with van der Waals surface area (Å²) < 4.78 is 15.8. The van der Waals surface area contributed by atoms with Gasteiger partial charge in [-0.15, -0.1) is 0 Å². The lowest BCUT2D eigenvalue weighted by atomic mass is 10.1. The first-order valence-electron chi connectivity index (χ1n) is 14.4. The van der Waals surface area contributed by atoms with Gasteiger partial charge in [-0.25, -0.2) is 0 Å². The number of carbonyl (C=O) groups excluding carboxylic acids is 2. The van der Waals surface area contributed by atoms with Crippen LogP contribution in [0.3, 0.4) is 0 Å². The van der Waals surface area contributed by atoms with Crippen LogP contribution in [0.5, 0.6) is 0 Å². The topological polar surface area (TPSA) is 85.4 Å². The highest BCUT2D eigenvalue weighted by Crippen LogP contribution is 2.30. The van der Waals surface area contributed by atoms with Crippen molar-refractivity contribution in [3.05, 3.63) is 12.2 Å². The monoisotopic (exact) mass is 496 g/mol. The van der Waals surface area contributed by atoms with Gasteiger partial charge in [0.15, 0.2) is 0 Å². The molecule has 1 heterocycles. The van der Waals surface area contributed by atoms with Gasteiger partial charge in [0.05, 0.1) is 12.2 Å². The van der Waals surface area contributed by atoms with Gasteiger partial charge in [-0.3, -0.25) is 9.59 Å². The first-order valence-corrected chi connectivity index (χ1v) is 14.4. The minimum atomic E-state index is -0.963. The molecule has 0 aromatic carbocycles. The molecule has 2 unspecified atom stereocenters. The molecular weight excluding hydrogens is 444 g/mol. The van der Waals surface area contributed by atoms with Crippen molar-refractivity contribution in [1.82, 2.24) is 0 Å². The molecule has 3 atom stereocenters. The summed E-state index contributed by atoms with van der Waals surface area (Å²) >= 11 is 0. The van der Waals surface area contributed by atoms with E-state index in [-0.39, 0.29) is 25.2 Å². The Hall–Kier alpha value is -1.40. The molecule has 1 aliphatic heterocycles. The molecule has 0 saturated carbocycles. The van der Waals surface area contributed by atoms with E-state index in [2.05, 4.69) is 26.0 Å². The second-order valence-electron chi connectivity index (χ2n) is 9.91. The van der Waals surface area contributed by atoms with Crippen molar-refractivity contribution < 1.29 is 28.9 Å². The molecule has 0 radical (unpaired) electrons. The Morgan fingerprint density at radius 3 is 1.91 bits per heavy atom. The van der Waals surface area contributed by atoms with Crippen LogP contribution in [0.25, 0.3) is 0 Å². The van der Waals surface area contributed by atoms with Gasteiger partial charge < -0.3 is 19.3 Å². The zero-order valence-electron chi connectivity index (χ0n) is 22.5. The minimum absolute atomic E-state index is 0.122. The van der Waals surface area contributed by atoms with Crippen LogP contribution in [0.15, 0.2) is 12.2 Å². The molecule has 1 rings (SSSR count). The smallest absolute Gasteiger partial charge is 0.305 e. The van der Waals surface area contributed by atoms with Gasteiger partial charge in [0.25, 0.3) is 0 Å². The van der Waals surface area contributed by atoms with E-state index in [9.17, 15) is 14.7 Å². The number of rotatable bonds is 24. The average Bonchev–Trinajstić information content (AvgIpc) is 3.60. The van der Waals surface area contributed by atoms with Gasteiger partial charge in [0.1, 0.15) is 19.3 Å². The van der Waals surface area contributed by atoms with Gasteiger partial charge in [-0.05, 0) is 38.5 Å². The summed E-state index contributed by atoms with van der Waals surface area (Å²) in [7, 11) is 0. The van der Waals surface area contributed by atoms with Crippen molar-refractivity contribution >= 4 is 11.9 Å². The maximum absolute atomic E-state index is 11.8. The van der Waals surface area contributed by atoms with Gasteiger partial charge in [0.2, 0.25) is 0 Å². The van der Waals surface area contributed by atoms with Crippen LogP contribution in [0, 0.1) is 0 Å². The molecule has 0 aromatic heterocycles. The van der Waals surface area contributed by atoms with E-state index in [4.69, 9.17) is 14.2 Å². The van der Waals surface area contributed by atoms with Crippen molar-refractivity contribution in [2.45, 2.75) is 148 Å². The summed E-state index contributed by atoms with van der Waals surface area (Å²) in [6.45, 7) is 4.14. The molecule has 6 heteroatoms. The molecule has 1 saturated heterocycles. The van der Waals surface area contributed by atoms with Gasteiger partial charge in [-0.2, -0.15) is 0 Å². The highest BCUT2D eigenvalue weighted by molar-refractivity contribution is 5.69. The fourth-order valence-electron chi connectivity index (χ4n) is 4.09. The van der Waals surface area contributed by atoms with Gasteiger partial charge in [0, 0.05) is 12.8 Å². The summed E-state index contributed by atoms with van der Waals surface area (Å²) in [4.78, 5) is 23.5. The Labute approximate surface area is 214 Å². The minimum Gasteiger partial charge on any atom is -0.463 e. The van der Waals surface area contributed by atoms with Crippen molar-refractivity contribution in [3.63, 3.8) is 0 Å². The van der Waals surface area contributed by atoms with E-state index < -0.39 is 6.10 Å². The number of hydrogen-bond acceptors (Lipinski definition) is 6. The quantitative estimate of drug-likeness (QED) is 0.0683. The van der Waals surface area contributed by atoms with Crippen molar-refractivity contribution in [3.8, 4) is 0 Å². The second kappa shape index (κ2) is 21.8. The molecule has 204 valence electrons. The zero-order valence-corrected chi connectivity index (χ0v) is 22.5. The molecule has 1 fully saturated rings. The van der Waals surface area contributed by atoms with E-state index in [1.54, 1.807) is 0 Å². The van der Waals surface area contributed by atoms with Crippen LogP contribution in [0.1, 0.15) is 129 Å². The first kappa shape index (κ1) is 31.6. The number of hydrogen-bond donors (Lipinski definition) is 1. The van der Waals surface area contributed by atoms with Crippen molar-refractivity contribution in [2.24, 2.45) is 0 Å². The SMILES string of the molecule is CCCCCCCC(=O)OC[C@H](O)COC(=O)CCCCCCC/C=C\CC1OC1CCCCC. The lowest BCUT2D eigenvalue weighted by molar-refractivity contribution is -0.152. The van der Waals surface area contributed by atoms with Crippen LogP contribution < -0.4 is 0 Å². The van der Waals surface area contributed by atoms with Gasteiger partial charge in [-0.1, -0.05) is 90.2 Å². The summed E-state index contributed by atoms with van der Waals surface area (Å²) in [5.41, 5.74) is 0. The van der Waals surface area contributed by atoms with Crippen LogP contribution in [0.4, 0.5) is 0 Å². The number of esters is 2. The molecule has 0 aliphatic carbocycles. The predicted octanol–water partition coefficient (Wildman–Crippen LogP) is 6.82. The Balaban J connectivity index is 1.85. The molecule has 0 aromatic rings. The maximum Gasteiger partial charge on any atom is 0.305 e. The van der Waals surface area contributed by atoms with E-state index in [0.717, 1.165) is 51.4 Å². The predicted molar refractivity (Wildman–Crippen MR) is 140 cm³/mol. The normalized spacial score (nSPS) is 18.0. The summed E-state index contributed by atoms with van der Waals surface area (Å²) in [6.07, 6.45) is 23.1. The van der Waals surface area contributed by atoms with Crippen molar-refractivity contribution in [1.29, 1.82) is 0 Å². The zero-order chi connectivity index (χ0) is 25.6. The van der Waals surface area contributed by atoms with E-state index in [1.807, 2.05) is 0 Å². The summed E-state index contributed by atoms with van der Waals surface area (Å²) in [5.74, 6) is -0.602. The van der Waals surface area contributed by atoms with Crippen LogP contribution in [-0.4, -0.2) is 48.6 Å². The molecule has 0 bridgehead atoms. The van der Waals surface area contributed by atoms with Crippen LogP contribution in [-0.2, 0) is 23.8 Å². The largest absolute Gasteiger partial charge is 0.463 e. The highest BCUT2D eigenvalue weighted by Gasteiger charge is 2.36. The molecule has 1 N–H and O–H groups in total. The lowest BCUT2D eigenvalue weighted by Gasteiger charge is -2.12. The number of aliphatic hydroxyl groups excluding tert-OH is 1. The van der Waals surface area contributed by atoms with E-state index >= 15 is 0 Å². The standard InChI is InChI=1S/C29H52O6/c1-3-5-7-12-17-21-28(31)33-23-25(30)24-34-29(32)22-18-14-11-9-8-10-13-16-20-27-26(35-27)19-15-6-4-2/h13,16,25-27,30H,3-12,14-15,17-24H2,1-2H3/b16-13-/t25-,26?,27?/m0/s1. The summed E-state index contributed by atoms with van der Waals surface area (Å²) in [5, 5.41) is 9.84. The highest BCUT2D eigenvalue weighted by atomic mass is 16.6. The van der Waals surface area contributed by atoms with Gasteiger partial charge >= 0.3 is 11.9 Å². The first-order chi connectivity index (χ1) is 17.1. The third-order valence-corrected chi connectivity index (χ3v) is 6.42. The molecule has 1 aliphatic rings. The Morgan fingerprint density at radius 1 is 0.743 bits per heavy atom. The molecule has 6 nitrogen and oxygen atoms in total. The third kappa shape index (κ3) is 19.5. The molecule has 0 spiro atoms. The molecule has 0 amide bonds. The maximum atomic E-state index is 11.8. The van der Waals surface area contributed by atoms with Crippen molar-refractivity contribution in [2.75, 3.05) is 13.2 Å². The Morgan fingerprint density at radius 2 is 1.29 bits per heavy atom. The van der Waals surface area contributed by atoms with Crippen LogP contribution >= 0.6 is 0 Å². The molecular formula is C29H52O6. The number of unbranched alkanes of at least 4 members (excludes halogenated alkanes) is 11. The number of aliphatic hydroxyl groups is 1. The number of allylic oxidation sites excluding steroid dienone is 1. The number of ether oxygens (including phenoxy) is 3. The van der Waals surface area contributed by atoms with E-state index in [0.29, 0.717) is 25.0 Å². The second-order valence-corrected chi connectivity index (χ2v) is 9.91. The lowest BCUT2D eigenvalue weighted by Crippen LogP contribution is -2.25. The summed E-state index contributed by atoms with van der Waals surface area (Å²) in [6, 6.07) is 0. The fraction of sp³-hybridized carbons (Fsp3) is 0.862. The van der Waals surface area contributed by atoms with E-state index in [1.165, 1.54) is 51.4 Å². The Bertz CT molecular complexity index is 561. The van der Waals surface area contributed by atoms with Crippen LogP contribution in [0.2, 0.25) is 0 Å². The number of carbonyl (C=O) groups is 2. The average molecular weight is 497 g/mol.